The molecule has 0 aliphatic heterocycles. The summed E-state index contributed by atoms with van der Waals surface area (Å²) in [6.07, 6.45) is 0. The smallest absolute Gasteiger partial charge is 0.288 e. The molecule has 0 fully saturated rings. The van der Waals surface area contributed by atoms with Crippen molar-refractivity contribution in [3.8, 4) is 0 Å². The molecule has 130 valence electrons. The molecular weight excluding hydrogens is 407 g/mol. The number of rotatable bonds is 4. The van der Waals surface area contributed by atoms with Gasteiger partial charge in [-0.25, -0.2) is 0 Å². The van der Waals surface area contributed by atoms with Crippen molar-refractivity contribution in [3.05, 3.63) is 67.1 Å². The number of thiocarbonyl (C=S) groups is 1. The van der Waals surface area contributed by atoms with Crippen LogP contribution in [-0.4, -0.2) is 15.7 Å². The van der Waals surface area contributed by atoms with Gasteiger partial charge < -0.3 is 5.32 Å². The van der Waals surface area contributed by atoms with E-state index in [0.717, 1.165) is 0 Å². The standard InChI is InChI=1S/C15H11Cl3N4O2S/c1-8(9-2-4-11(17)14(6-9)22(23)24)20-21-15(25)19-13-5-3-10(16)7-12(13)18/h2-7H,1H3,(H2,19,21,25)/b20-8-. The molecule has 10 heteroatoms. The Morgan fingerprint density at radius 2 is 1.88 bits per heavy atom. The van der Waals surface area contributed by atoms with Crippen LogP contribution in [0.1, 0.15) is 12.5 Å². The van der Waals surface area contributed by atoms with Crippen LogP contribution < -0.4 is 10.7 Å². The van der Waals surface area contributed by atoms with Crippen LogP contribution in [-0.2, 0) is 0 Å². The Hall–Kier alpha value is -1.93. The molecule has 2 aromatic carbocycles. The van der Waals surface area contributed by atoms with Crippen LogP contribution >= 0.6 is 47.0 Å². The first-order chi connectivity index (χ1) is 11.8. The van der Waals surface area contributed by atoms with E-state index in [-0.39, 0.29) is 15.8 Å². The van der Waals surface area contributed by atoms with Crippen molar-refractivity contribution in [2.24, 2.45) is 5.10 Å². The molecule has 0 aliphatic rings. The highest BCUT2D eigenvalue weighted by atomic mass is 35.5. The number of anilines is 1. The third-order valence-electron chi connectivity index (χ3n) is 3.07. The maximum atomic E-state index is 10.9. The highest BCUT2D eigenvalue weighted by Gasteiger charge is 2.13. The van der Waals surface area contributed by atoms with Crippen molar-refractivity contribution < 1.29 is 4.92 Å². The number of halogens is 3. The van der Waals surface area contributed by atoms with E-state index in [9.17, 15) is 10.1 Å². The van der Waals surface area contributed by atoms with E-state index < -0.39 is 4.92 Å². The van der Waals surface area contributed by atoms with Crippen LogP contribution in [0.2, 0.25) is 15.1 Å². The maximum absolute atomic E-state index is 10.9. The lowest BCUT2D eigenvalue weighted by atomic mass is 10.1. The van der Waals surface area contributed by atoms with E-state index in [0.29, 0.717) is 27.0 Å². The predicted molar refractivity (Wildman–Crippen MR) is 106 cm³/mol. The number of hydrazone groups is 1. The van der Waals surface area contributed by atoms with Crippen LogP contribution in [0.5, 0.6) is 0 Å². The van der Waals surface area contributed by atoms with Gasteiger partial charge in [0, 0.05) is 16.7 Å². The molecule has 0 atom stereocenters. The zero-order valence-electron chi connectivity index (χ0n) is 12.7. The van der Waals surface area contributed by atoms with Crippen molar-refractivity contribution in [3.63, 3.8) is 0 Å². The van der Waals surface area contributed by atoms with Crippen LogP contribution in [0.25, 0.3) is 0 Å². The Morgan fingerprint density at radius 3 is 2.52 bits per heavy atom. The Kier molecular flexibility index (Phi) is 6.55. The summed E-state index contributed by atoms with van der Waals surface area (Å²) in [5.41, 5.74) is 4.05. The third-order valence-corrected chi connectivity index (χ3v) is 4.13. The molecule has 0 saturated carbocycles. The summed E-state index contributed by atoms with van der Waals surface area (Å²) >= 11 is 22.8. The number of nitro groups is 1. The van der Waals surface area contributed by atoms with Gasteiger partial charge in [-0.3, -0.25) is 15.5 Å². The molecule has 0 bridgehead atoms. The Bertz CT molecular complexity index is 874. The third kappa shape index (κ3) is 5.27. The quantitative estimate of drug-likeness (QED) is 0.307. The zero-order valence-corrected chi connectivity index (χ0v) is 15.8. The predicted octanol–water partition coefficient (Wildman–Crippen LogP) is 5.27. The van der Waals surface area contributed by atoms with Gasteiger partial charge in [-0.05, 0) is 43.4 Å². The molecule has 2 rings (SSSR count). The van der Waals surface area contributed by atoms with E-state index in [4.69, 9.17) is 47.0 Å². The van der Waals surface area contributed by atoms with Gasteiger partial charge in [0.1, 0.15) is 5.02 Å². The summed E-state index contributed by atoms with van der Waals surface area (Å²) in [6, 6.07) is 9.34. The van der Waals surface area contributed by atoms with Crippen LogP contribution in [0, 0.1) is 10.1 Å². The number of hydrogen-bond acceptors (Lipinski definition) is 4. The monoisotopic (exact) mass is 416 g/mol. The molecule has 25 heavy (non-hydrogen) atoms. The fourth-order valence-corrected chi connectivity index (χ4v) is 2.62. The molecule has 0 radical (unpaired) electrons. The molecule has 2 N–H and O–H groups in total. The lowest BCUT2D eigenvalue weighted by Gasteiger charge is -2.10. The number of nitro benzene ring substituents is 1. The number of benzene rings is 2. The summed E-state index contributed by atoms with van der Waals surface area (Å²) in [7, 11) is 0. The fourth-order valence-electron chi connectivity index (χ4n) is 1.82. The average molecular weight is 418 g/mol. The summed E-state index contributed by atoms with van der Waals surface area (Å²) < 4.78 is 0. The SMILES string of the molecule is C/C(=N/NC(=S)Nc1ccc(Cl)cc1Cl)c1ccc(Cl)c([N+](=O)[O-])c1. The first-order valence-corrected chi connectivity index (χ1v) is 8.33. The molecule has 0 aromatic heterocycles. The highest BCUT2D eigenvalue weighted by molar-refractivity contribution is 7.80. The van der Waals surface area contributed by atoms with Gasteiger partial charge in [-0.1, -0.05) is 40.9 Å². The minimum atomic E-state index is -0.554. The Labute approximate surface area is 163 Å². The largest absolute Gasteiger partial charge is 0.330 e. The van der Waals surface area contributed by atoms with Crippen molar-refractivity contribution >= 4 is 69.2 Å². The van der Waals surface area contributed by atoms with E-state index in [1.54, 1.807) is 31.2 Å². The second-order valence-corrected chi connectivity index (χ2v) is 6.47. The average Bonchev–Trinajstić information content (AvgIpc) is 2.55. The van der Waals surface area contributed by atoms with Crippen LogP contribution in [0.4, 0.5) is 11.4 Å². The highest BCUT2D eigenvalue weighted by Crippen LogP contribution is 2.26. The Balaban J connectivity index is 2.09. The molecule has 0 amide bonds. The van der Waals surface area contributed by atoms with Crippen molar-refractivity contribution in [1.82, 2.24) is 5.43 Å². The summed E-state index contributed by atoms with van der Waals surface area (Å²) in [5, 5.41) is 19.1. The first kappa shape index (κ1) is 19.4. The van der Waals surface area contributed by atoms with E-state index in [1.165, 1.54) is 12.1 Å². The fraction of sp³-hybridized carbons (Fsp3) is 0.0667. The number of nitrogens with one attached hydrogen (secondary N) is 2. The molecule has 0 unspecified atom stereocenters. The summed E-state index contributed by atoms with van der Waals surface area (Å²) in [4.78, 5) is 10.4. The molecule has 0 saturated heterocycles. The van der Waals surface area contributed by atoms with Gasteiger partial charge in [0.2, 0.25) is 0 Å². The number of nitrogens with zero attached hydrogens (tertiary/aromatic N) is 2. The summed E-state index contributed by atoms with van der Waals surface area (Å²) in [5.74, 6) is 0. The first-order valence-electron chi connectivity index (χ1n) is 6.78. The number of hydrogen-bond donors (Lipinski definition) is 2. The van der Waals surface area contributed by atoms with Crippen molar-refractivity contribution in [2.45, 2.75) is 6.92 Å². The Morgan fingerprint density at radius 1 is 1.16 bits per heavy atom. The summed E-state index contributed by atoms with van der Waals surface area (Å²) in [6.45, 7) is 1.68. The van der Waals surface area contributed by atoms with Gasteiger partial charge in [0.25, 0.3) is 5.69 Å². The second kappa shape index (κ2) is 8.44. The minimum absolute atomic E-state index is 0.0593. The van der Waals surface area contributed by atoms with Gasteiger partial charge in [0.15, 0.2) is 5.11 Å². The topological polar surface area (TPSA) is 79.6 Å². The van der Waals surface area contributed by atoms with Gasteiger partial charge in [-0.15, -0.1) is 0 Å². The van der Waals surface area contributed by atoms with Crippen molar-refractivity contribution in [2.75, 3.05) is 5.32 Å². The molecule has 0 aliphatic carbocycles. The zero-order chi connectivity index (χ0) is 18.6. The second-order valence-electron chi connectivity index (χ2n) is 4.81. The molecule has 0 heterocycles. The lowest BCUT2D eigenvalue weighted by molar-refractivity contribution is -0.384. The molecular formula is C15H11Cl3N4O2S. The maximum Gasteiger partial charge on any atom is 0.288 e. The van der Waals surface area contributed by atoms with Crippen LogP contribution in [0.15, 0.2) is 41.5 Å². The minimum Gasteiger partial charge on any atom is -0.330 e. The van der Waals surface area contributed by atoms with Gasteiger partial charge in [0.05, 0.1) is 21.3 Å². The van der Waals surface area contributed by atoms with Crippen molar-refractivity contribution in [1.29, 1.82) is 0 Å². The molecule has 2 aromatic rings. The van der Waals surface area contributed by atoms with Gasteiger partial charge in [-0.2, -0.15) is 5.10 Å². The van der Waals surface area contributed by atoms with E-state index in [2.05, 4.69) is 15.8 Å². The van der Waals surface area contributed by atoms with Crippen LogP contribution in [0.3, 0.4) is 0 Å². The molecule has 6 nitrogen and oxygen atoms in total. The lowest BCUT2D eigenvalue weighted by Crippen LogP contribution is -2.25. The van der Waals surface area contributed by atoms with E-state index >= 15 is 0 Å². The molecule has 0 spiro atoms. The normalized spacial score (nSPS) is 11.1. The van der Waals surface area contributed by atoms with E-state index in [1.807, 2.05) is 0 Å². The van der Waals surface area contributed by atoms with Gasteiger partial charge >= 0.3 is 0 Å².